The van der Waals surface area contributed by atoms with Crippen LogP contribution < -0.4 is 5.32 Å². The largest absolute Gasteiger partial charge is 0.394 e. The summed E-state index contributed by atoms with van der Waals surface area (Å²) in [7, 11) is 0. The third-order valence-electron chi connectivity index (χ3n) is 2.55. The van der Waals surface area contributed by atoms with E-state index in [1.807, 2.05) is 44.2 Å². The Bertz CT molecular complexity index is 407. The first-order valence-electron chi connectivity index (χ1n) is 5.61. The number of hydrogen-bond donors (Lipinski definition) is 2. The van der Waals surface area contributed by atoms with Crippen molar-refractivity contribution in [2.45, 2.75) is 26.3 Å². The lowest BCUT2D eigenvalue weighted by Gasteiger charge is -2.28. The van der Waals surface area contributed by atoms with Gasteiger partial charge in [0.05, 0.1) is 12.1 Å². The summed E-state index contributed by atoms with van der Waals surface area (Å²) >= 11 is 0. The number of rotatable bonds is 4. The molecule has 1 rings (SSSR count). The first-order chi connectivity index (χ1) is 7.98. The van der Waals surface area contributed by atoms with E-state index in [2.05, 4.69) is 5.32 Å². The summed E-state index contributed by atoms with van der Waals surface area (Å²) in [5, 5.41) is 12.3. The molecule has 0 saturated heterocycles. The second-order valence-electron chi connectivity index (χ2n) is 4.57. The van der Waals surface area contributed by atoms with Crippen LogP contribution in [0.3, 0.4) is 0 Å². The SMILES string of the molecule is CC(C)=CC(=O)NC(C)(CO)c1ccccc1. The van der Waals surface area contributed by atoms with Gasteiger partial charge in [-0.15, -0.1) is 0 Å². The Hall–Kier alpha value is -1.61. The number of aliphatic hydroxyl groups excluding tert-OH is 1. The Balaban J connectivity index is 2.91. The molecule has 0 aliphatic heterocycles. The summed E-state index contributed by atoms with van der Waals surface area (Å²) in [5.41, 5.74) is 1.07. The molecule has 1 atom stereocenters. The second-order valence-corrected chi connectivity index (χ2v) is 4.57. The molecular formula is C14H19NO2. The quantitative estimate of drug-likeness (QED) is 0.781. The zero-order valence-corrected chi connectivity index (χ0v) is 10.5. The number of carbonyl (C=O) groups is 1. The predicted molar refractivity (Wildman–Crippen MR) is 68.5 cm³/mol. The fraction of sp³-hybridized carbons (Fsp3) is 0.357. The minimum absolute atomic E-state index is 0.140. The first-order valence-corrected chi connectivity index (χ1v) is 5.61. The van der Waals surface area contributed by atoms with Crippen LogP contribution >= 0.6 is 0 Å². The summed E-state index contributed by atoms with van der Waals surface area (Å²) in [6.45, 7) is 5.38. The van der Waals surface area contributed by atoms with Crippen molar-refractivity contribution in [1.29, 1.82) is 0 Å². The molecule has 0 aliphatic carbocycles. The number of carbonyl (C=O) groups excluding carboxylic acids is 1. The van der Waals surface area contributed by atoms with E-state index in [1.165, 1.54) is 6.08 Å². The number of allylic oxidation sites excluding steroid dienone is 1. The number of hydrogen-bond acceptors (Lipinski definition) is 2. The Kier molecular flexibility index (Phi) is 4.46. The molecule has 0 fully saturated rings. The topological polar surface area (TPSA) is 49.3 Å². The second kappa shape index (κ2) is 5.64. The standard InChI is InChI=1S/C14H19NO2/c1-11(2)9-13(17)15-14(3,10-16)12-7-5-4-6-8-12/h4-9,16H,10H2,1-3H3,(H,15,17). The van der Waals surface area contributed by atoms with Gasteiger partial charge in [0, 0.05) is 6.08 Å². The van der Waals surface area contributed by atoms with E-state index in [-0.39, 0.29) is 12.5 Å². The Morgan fingerprint density at radius 1 is 1.35 bits per heavy atom. The molecule has 0 saturated carbocycles. The van der Waals surface area contributed by atoms with Crippen LogP contribution in [-0.4, -0.2) is 17.6 Å². The smallest absolute Gasteiger partial charge is 0.244 e. The molecule has 0 aromatic heterocycles. The molecule has 92 valence electrons. The highest BCUT2D eigenvalue weighted by molar-refractivity contribution is 5.88. The van der Waals surface area contributed by atoms with E-state index in [1.54, 1.807) is 6.92 Å². The maximum atomic E-state index is 11.7. The lowest BCUT2D eigenvalue weighted by Crippen LogP contribution is -2.45. The van der Waals surface area contributed by atoms with E-state index in [4.69, 9.17) is 0 Å². The fourth-order valence-electron chi connectivity index (χ4n) is 1.58. The zero-order chi connectivity index (χ0) is 12.9. The third kappa shape index (κ3) is 3.71. The van der Waals surface area contributed by atoms with Crippen LogP contribution in [0.1, 0.15) is 26.3 Å². The highest BCUT2D eigenvalue weighted by atomic mass is 16.3. The molecule has 0 aliphatic rings. The van der Waals surface area contributed by atoms with Gasteiger partial charge in [-0.05, 0) is 26.3 Å². The molecule has 0 radical (unpaired) electrons. The van der Waals surface area contributed by atoms with Crippen LogP contribution in [0.4, 0.5) is 0 Å². The van der Waals surface area contributed by atoms with Gasteiger partial charge < -0.3 is 10.4 Å². The number of amides is 1. The monoisotopic (exact) mass is 233 g/mol. The zero-order valence-electron chi connectivity index (χ0n) is 10.5. The normalized spacial score (nSPS) is 13.6. The maximum absolute atomic E-state index is 11.7. The maximum Gasteiger partial charge on any atom is 0.244 e. The molecule has 1 aromatic rings. The van der Waals surface area contributed by atoms with Crippen molar-refractivity contribution in [1.82, 2.24) is 5.32 Å². The van der Waals surface area contributed by atoms with Crippen LogP contribution in [0, 0.1) is 0 Å². The van der Waals surface area contributed by atoms with Gasteiger partial charge in [-0.2, -0.15) is 0 Å². The van der Waals surface area contributed by atoms with Gasteiger partial charge >= 0.3 is 0 Å². The summed E-state index contributed by atoms with van der Waals surface area (Å²) in [6.07, 6.45) is 1.52. The Morgan fingerprint density at radius 3 is 2.41 bits per heavy atom. The minimum atomic E-state index is -0.746. The van der Waals surface area contributed by atoms with Gasteiger partial charge in [0.1, 0.15) is 0 Å². The van der Waals surface area contributed by atoms with Crippen molar-refractivity contribution < 1.29 is 9.90 Å². The molecule has 3 nitrogen and oxygen atoms in total. The molecule has 0 heterocycles. The lowest BCUT2D eigenvalue weighted by atomic mass is 9.93. The van der Waals surface area contributed by atoms with Crippen molar-refractivity contribution >= 4 is 5.91 Å². The van der Waals surface area contributed by atoms with Crippen molar-refractivity contribution in [3.05, 3.63) is 47.5 Å². The van der Waals surface area contributed by atoms with Crippen LogP contribution in [0.25, 0.3) is 0 Å². The number of nitrogens with one attached hydrogen (secondary N) is 1. The van der Waals surface area contributed by atoms with Crippen molar-refractivity contribution in [2.24, 2.45) is 0 Å². The molecule has 2 N–H and O–H groups in total. The average Bonchev–Trinajstić information content (AvgIpc) is 2.29. The summed E-state index contributed by atoms with van der Waals surface area (Å²) in [5.74, 6) is -0.189. The van der Waals surface area contributed by atoms with Crippen molar-refractivity contribution in [3.8, 4) is 0 Å². The first kappa shape index (κ1) is 13.5. The highest BCUT2D eigenvalue weighted by Crippen LogP contribution is 2.19. The van der Waals surface area contributed by atoms with Crippen LogP contribution in [0.5, 0.6) is 0 Å². The van der Waals surface area contributed by atoms with Gasteiger partial charge in [0.25, 0.3) is 0 Å². The van der Waals surface area contributed by atoms with Crippen molar-refractivity contribution in [3.63, 3.8) is 0 Å². The van der Waals surface area contributed by atoms with Crippen LogP contribution in [0.15, 0.2) is 42.0 Å². The number of benzene rings is 1. The van der Waals surface area contributed by atoms with Gasteiger partial charge in [-0.1, -0.05) is 35.9 Å². The average molecular weight is 233 g/mol. The fourth-order valence-corrected chi connectivity index (χ4v) is 1.58. The van der Waals surface area contributed by atoms with E-state index in [0.717, 1.165) is 11.1 Å². The molecule has 17 heavy (non-hydrogen) atoms. The molecular weight excluding hydrogens is 214 g/mol. The minimum Gasteiger partial charge on any atom is -0.394 e. The van der Waals surface area contributed by atoms with Crippen molar-refractivity contribution in [2.75, 3.05) is 6.61 Å². The van der Waals surface area contributed by atoms with Gasteiger partial charge in [-0.25, -0.2) is 0 Å². The predicted octanol–water partition coefficient (Wildman–Crippen LogP) is 1.98. The van der Waals surface area contributed by atoms with Gasteiger partial charge in [0.2, 0.25) is 5.91 Å². The Labute approximate surface area is 102 Å². The van der Waals surface area contributed by atoms with E-state index >= 15 is 0 Å². The molecule has 3 heteroatoms. The highest BCUT2D eigenvalue weighted by Gasteiger charge is 2.26. The third-order valence-corrected chi connectivity index (χ3v) is 2.55. The van der Waals surface area contributed by atoms with Gasteiger partial charge in [-0.3, -0.25) is 4.79 Å². The van der Waals surface area contributed by atoms with E-state index in [9.17, 15) is 9.90 Å². The van der Waals surface area contributed by atoms with E-state index in [0.29, 0.717) is 0 Å². The van der Waals surface area contributed by atoms with Crippen LogP contribution in [0.2, 0.25) is 0 Å². The summed E-state index contributed by atoms with van der Waals surface area (Å²) < 4.78 is 0. The molecule has 1 amide bonds. The molecule has 1 aromatic carbocycles. The Morgan fingerprint density at radius 2 is 1.94 bits per heavy atom. The van der Waals surface area contributed by atoms with Crippen LogP contribution in [-0.2, 0) is 10.3 Å². The summed E-state index contributed by atoms with van der Waals surface area (Å²) in [4.78, 5) is 11.7. The van der Waals surface area contributed by atoms with E-state index < -0.39 is 5.54 Å². The summed E-state index contributed by atoms with van der Waals surface area (Å²) in [6, 6.07) is 9.45. The van der Waals surface area contributed by atoms with Gasteiger partial charge in [0.15, 0.2) is 0 Å². The lowest BCUT2D eigenvalue weighted by molar-refractivity contribution is -0.118. The molecule has 0 bridgehead atoms. The number of aliphatic hydroxyl groups is 1. The molecule has 0 spiro atoms. The molecule has 1 unspecified atom stereocenters.